The van der Waals surface area contributed by atoms with Gasteiger partial charge in [-0.05, 0) is 51.5 Å². The highest BCUT2D eigenvalue weighted by atomic mass is 32.2. The summed E-state index contributed by atoms with van der Waals surface area (Å²) in [6.45, 7) is 4.33. The second kappa shape index (κ2) is 8.77. The Kier molecular flexibility index (Phi) is 6.48. The molecule has 1 aromatic heterocycles. The van der Waals surface area contributed by atoms with Crippen molar-refractivity contribution in [3.8, 4) is 11.8 Å². The van der Waals surface area contributed by atoms with E-state index in [1.54, 1.807) is 26.0 Å². The van der Waals surface area contributed by atoms with Crippen molar-refractivity contribution < 1.29 is 21.9 Å². The monoisotopic (exact) mass is 450 g/mol. The molecular weight excluding hydrogens is 426 g/mol. The number of hydrogen-bond donors (Lipinski definition) is 1. The van der Waals surface area contributed by atoms with Crippen molar-refractivity contribution in [1.82, 2.24) is 9.71 Å². The summed E-state index contributed by atoms with van der Waals surface area (Å²) in [6, 6.07) is 8.99. The summed E-state index contributed by atoms with van der Waals surface area (Å²) in [4.78, 5) is 6.30. The zero-order valence-corrected chi connectivity index (χ0v) is 18.4. The second-order valence-corrected chi connectivity index (χ2v) is 9.56. The quantitative estimate of drug-likeness (QED) is 0.686. The van der Waals surface area contributed by atoms with E-state index in [1.807, 2.05) is 18.7 Å². The van der Waals surface area contributed by atoms with E-state index in [2.05, 4.69) is 20.5 Å². The molecule has 3 rings (SSSR count). The number of fused-ring (bicyclic) bond motifs is 1. The number of nitriles is 1. The molecule has 166 valence electrons. The number of rotatable bonds is 7. The van der Waals surface area contributed by atoms with Crippen LogP contribution in [-0.2, 0) is 10.0 Å². The van der Waals surface area contributed by atoms with Crippen LogP contribution in [0.2, 0.25) is 0 Å². The Morgan fingerprint density at radius 3 is 2.42 bits per heavy atom. The first-order valence-corrected chi connectivity index (χ1v) is 11.3. The molecule has 0 fully saturated rings. The summed E-state index contributed by atoms with van der Waals surface area (Å²) in [7, 11) is -3.70. The Bertz CT molecular complexity index is 1080. The molecule has 1 aliphatic rings. The van der Waals surface area contributed by atoms with E-state index in [4.69, 9.17) is 0 Å². The maximum absolute atomic E-state index is 12.7. The Morgan fingerprint density at radius 2 is 1.90 bits per heavy atom. The molecule has 2 unspecified atom stereocenters. The average Bonchev–Trinajstić information content (AvgIpc) is 3.00. The van der Waals surface area contributed by atoms with E-state index in [1.165, 1.54) is 24.4 Å². The van der Waals surface area contributed by atoms with E-state index >= 15 is 0 Å². The number of alkyl halides is 2. The fourth-order valence-corrected chi connectivity index (χ4v) is 5.02. The summed E-state index contributed by atoms with van der Waals surface area (Å²) in [5.41, 5.74) is 1.81. The van der Waals surface area contributed by atoms with Gasteiger partial charge >= 0.3 is 6.61 Å². The van der Waals surface area contributed by atoms with E-state index in [-0.39, 0.29) is 22.7 Å². The van der Waals surface area contributed by atoms with Gasteiger partial charge in [-0.2, -0.15) is 14.0 Å². The van der Waals surface area contributed by atoms with Crippen LogP contribution in [0.4, 0.5) is 14.5 Å². The average molecular weight is 451 g/mol. The number of nitrogens with one attached hydrogen (secondary N) is 1. The third-order valence-corrected chi connectivity index (χ3v) is 6.56. The molecule has 0 saturated carbocycles. The van der Waals surface area contributed by atoms with Crippen LogP contribution in [0.15, 0.2) is 41.4 Å². The summed E-state index contributed by atoms with van der Waals surface area (Å²) >= 11 is 0. The number of ether oxygens (including phenoxy) is 1. The Labute approximate surface area is 180 Å². The molecule has 0 spiro atoms. The van der Waals surface area contributed by atoms with Gasteiger partial charge < -0.3 is 9.64 Å². The fraction of sp³-hybridized carbons (Fsp3) is 0.429. The van der Waals surface area contributed by atoms with E-state index < -0.39 is 28.6 Å². The number of nitrogens with zero attached hydrogens (tertiary/aromatic N) is 3. The molecule has 2 aromatic rings. The molecule has 1 aromatic carbocycles. The summed E-state index contributed by atoms with van der Waals surface area (Å²) in [6.07, 6.45) is 1.27. The SMILES string of the molecule is CC(C)NS(=O)(=O)c1ccc(C2C(C#N)c3ccc(OC(F)F)cc3N2C(C)C)nc1. The molecule has 0 saturated heterocycles. The van der Waals surface area contributed by atoms with Crippen molar-refractivity contribution in [2.24, 2.45) is 0 Å². The van der Waals surface area contributed by atoms with Gasteiger partial charge in [-0.3, -0.25) is 4.98 Å². The maximum Gasteiger partial charge on any atom is 0.387 e. The summed E-state index contributed by atoms with van der Waals surface area (Å²) in [5, 5.41) is 9.88. The van der Waals surface area contributed by atoms with Gasteiger partial charge in [0.1, 0.15) is 10.6 Å². The van der Waals surface area contributed by atoms with Crippen molar-refractivity contribution in [2.45, 2.75) is 63.2 Å². The largest absolute Gasteiger partial charge is 0.435 e. The predicted molar refractivity (Wildman–Crippen MR) is 111 cm³/mol. The standard InChI is InChI=1S/C21H24F2N4O3S/c1-12(2)26-31(28,29)15-6-8-18(25-11-15)20-17(10-24)16-7-5-14(30-21(22)23)9-19(16)27(20)13(3)4/h5-9,11-13,17,20-21,26H,1-4H3. The van der Waals surface area contributed by atoms with Gasteiger partial charge in [0.25, 0.3) is 0 Å². The van der Waals surface area contributed by atoms with Crippen LogP contribution in [-0.4, -0.2) is 32.1 Å². The predicted octanol–water partition coefficient (Wildman–Crippen LogP) is 3.95. The molecule has 1 N–H and O–H groups in total. The normalized spacial score (nSPS) is 18.5. The molecule has 10 heteroatoms. The smallest absolute Gasteiger partial charge is 0.387 e. The van der Waals surface area contributed by atoms with Crippen molar-refractivity contribution in [3.63, 3.8) is 0 Å². The van der Waals surface area contributed by atoms with Crippen LogP contribution in [0.3, 0.4) is 0 Å². The fourth-order valence-electron chi connectivity index (χ4n) is 3.82. The number of pyridine rings is 1. The molecule has 0 radical (unpaired) electrons. The van der Waals surface area contributed by atoms with Crippen LogP contribution in [0.5, 0.6) is 5.75 Å². The lowest BCUT2D eigenvalue weighted by molar-refractivity contribution is -0.0498. The van der Waals surface area contributed by atoms with Crippen LogP contribution < -0.4 is 14.4 Å². The zero-order valence-electron chi connectivity index (χ0n) is 17.6. The summed E-state index contributed by atoms with van der Waals surface area (Å²) in [5.74, 6) is -0.604. The van der Waals surface area contributed by atoms with Crippen LogP contribution in [0.1, 0.15) is 50.9 Å². The van der Waals surface area contributed by atoms with E-state index in [0.717, 1.165) is 0 Å². The number of sulfonamides is 1. The molecule has 0 aliphatic carbocycles. The molecule has 1 aliphatic heterocycles. The molecular formula is C21H24F2N4O3S. The highest BCUT2D eigenvalue weighted by molar-refractivity contribution is 7.89. The third-order valence-electron chi connectivity index (χ3n) is 4.91. The molecule has 7 nitrogen and oxygen atoms in total. The van der Waals surface area contributed by atoms with Gasteiger partial charge in [0.05, 0.1) is 23.7 Å². The van der Waals surface area contributed by atoms with Crippen molar-refractivity contribution in [1.29, 1.82) is 5.26 Å². The lowest BCUT2D eigenvalue weighted by atomic mass is 9.94. The molecule has 2 heterocycles. The number of anilines is 1. The lowest BCUT2D eigenvalue weighted by Crippen LogP contribution is -2.34. The van der Waals surface area contributed by atoms with E-state index in [0.29, 0.717) is 16.9 Å². The van der Waals surface area contributed by atoms with Gasteiger partial charge in [-0.1, -0.05) is 6.07 Å². The Hall–Kier alpha value is -2.77. The Morgan fingerprint density at radius 1 is 1.19 bits per heavy atom. The highest BCUT2D eigenvalue weighted by Gasteiger charge is 2.42. The zero-order chi connectivity index (χ0) is 22.9. The molecule has 0 amide bonds. The lowest BCUT2D eigenvalue weighted by Gasteiger charge is -2.32. The Balaban J connectivity index is 2.02. The highest BCUT2D eigenvalue weighted by Crippen LogP contribution is 2.50. The molecule has 2 atom stereocenters. The van der Waals surface area contributed by atoms with Crippen LogP contribution in [0, 0.1) is 11.3 Å². The number of aromatic nitrogens is 1. The first-order chi connectivity index (χ1) is 14.5. The minimum absolute atomic E-state index is 0.00546. The van der Waals surface area contributed by atoms with Gasteiger partial charge in [0.2, 0.25) is 10.0 Å². The minimum Gasteiger partial charge on any atom is -0.435 e. The van der Waals surface area contributed by atoms with Crippen LogP contribution in [0.25, 0.3) is 0 Å². The number of benzene rings is 1. The number of hydrogen-bond acceptors (Lipinski definition) is 6. The number of halogens is 2. The van der Waals surface area contributed by atoms with E-state index in [9.17, 15) is 22.5 Å². The third kappa shape index (κ3) is 4.62. The summed E-state index contributed by atoms with van der Waals surface area (Å²) < 4.78 is 57.1. The van der Waals surface area contributed by atoms with Crippen molar-refractivity contribution in [2.75, 3.05) is 4.90 Å². The molecule has 0 bridgehead atoms. The first kappa shape index (κ1) is 22.9. The topological polar surface area (TPSA) is 95.3 Å². The molecule has 31 heavy (non-hydrogen) atoms. The van der Waals surface area contributed by atoms with Crippen LogP contribution >= 0.6 is 0 Å². The van der Waals surface area contributed by atoms with Crippen molar-refractivity contribution >= 4 is 15.7 Å². The first-order valence-electron chi connectivity index (χ1n) is 9.80. The maximum atomic E-state index is 12.7. The van der Waals surface area contributed by atoms with Gasteiger partial charge in [0.15, 0.2) is 0 Å². The minimum atomic E-state index is -3.70. The van der Waals surface area contributed by atoms with Crippen molar-refractivity contribution in [3.05, 3.63) is 47.8 Å². The van der Waals surface area contributed by atoms with Gasteiger partial charge in [0, 0.05) is 30.0 Å². The van der Waals surface area contributed by atoms with Gasteiger partial charge in [-0.15, -0.1) is 0 Å². The van der Waals surface area contributed by atoms with Gasteiger partial charge in [-0.25, -0.2) is 13.1 Å². The second-order valence-electron chi connectivity index (χ2n) is 7.85.